The molecule has 0 fully saturated rings. The van der Waals surface area contributed by atoms with Crippen molar-refractivity contribution in [3.8, 4) is 5.75 Å². The van der Waals surface area contributed by atoms with E-state index in [9.17, 15) is 9.90 Å². The van der Waals surface area contributed by atoms with Crippen molar-refractivity contribution in [2.45, 2.75) is 13.8 Å². The van der Waals surface area contributed by atoms with Gasteiger partial charge in [-0.2, -0.15) is 0 Å². The lowest BCUT2D eigenvalue weighted by atomic mass is 10.0. The zero-order valence-corrected chi connectivity index (χ0v) is 13.4. The standard InChI is InChI=1S/C19H21NO2/c1-13-11-15(12-14(2)19(13)22)5-10-18(21)16-6-8-17(9-7-16)20(3)4/h5-12,22H,1-4H3/b10-5+. The summed E-state index contributed by atoms with van der Waals surface area (Å²) >= 11 is 0. The van der Waals surface area contributed by atoms with Gasteiger partial charge in [-0.25, -0.2) is 0 Å². The number of allylic oxidation sites excluding steroid dienone is 1. The highest BCUT2D eigenvalue weighted by molar-refractivity contribution is 6.07. The minimum absolute atomic E-state index is 0.0336. The fourth-order valence-electron chi connectivity index (χ4n) is 2.28. The fraction of sp³-hybridized carbons (Fsp3) is 0.211. The van der Waals surface area contributed by atoms with Gasteiger partial charge in [-0.3, -0.25) is 4.79 Å². The third kappa shape index (κ3) is 3.55. The van der Waals surface area contributed by atoms with Crippen LogP contribution in [0.5, 0.6) is 5.75 Å². The molecule has 0 saturated heterocycles. The van der Waals surface area contributed by atoms with E-state index in [2.05, 4.69) is 0 Å². The lowest BCUT2D eigenvalue weighted by Gasteiger charge is -2.11. The van der Waals surface area contributed by atoms with E-state index < -0.39 is 0 Å². The molecule has 114 valence electrons. The van der Waals surface area contributed by atoms with Gasteiger partial charge in [-0.15, -0.1) is 0 Å². The van der Waals surface area contributed by atoms with Crippen molar-refractivity contribution >= 4 is 17.5 Å². The maximum absolute atomic E-state index is 12.2. The average Bonchev–Trinajstić information content (AvgIpc) is 2.50. The van der Waals surface area contributed by atoms with Gasteiger partial charge in [-0.1, -0.05) is 6.08 Å². The highest BCUT2D eigenvalue weighted by Gasteiger charge is 2.04. The Morgan fingerprint density at radius 3 is 2.09 bits per heavy atom. The van der Waals surface area contributed by atoms with Gasteiger partial charge < -0.3 is 10.0 Å². The number of carbonyl (C=O) groups is 1. The summed E-state index contributed by atoms with van der Waals surface area (Å²) in [6, 6.07) is 11.2. The SMILES string of the molecule is Cc1cc(/C=C/C(=O)c2ccc(N(C)C)cc2)cc(C)c1O. The molecule has 2 aromatic rings. The lowest BCUT2D eigenvalue weighted by molar-refractivity contribution is 0.104. The van der Waals surface area contributed by atoms with Gasteiger partial charge in [0.1, 0.15) is 5.75 Å². The van der Waals surface area contributed by atoms with E-state index in [4.69, 9.17) is 0 Å². The molecule has 0 atom stereocenters. The fourth-order valence-corrected chi connectivity index (χ4v) is 2.28. The molecule has 0 aliphatic heterocycles. The number of carbonyl (C=O) groups excluding carboxylic acids is 1. The number of ketones is 1. The zero-order chi connectivity index (χ0) is 16.3. The molecule has 0 saturated carbocycles. The van der Waals surface area contributed by atoms with E-state index in [0.29, 0.717) is 11.3 Å². The number of nitrogens with zero attached hydrogens (tertiary/aromatic N) is 1. The zero-order valence-electron chi connectivity index (χ0n) is 13.4. The summed E-state index contributed by atoms with van der Waals surface area (Å²) in [4.78, 5) is 14.2. The van der Waals surface area contributed by atoms with Gasteiger partial charge >= 0.3 is 0 Å². The van der Waals surface area contributed by atoms with E-state index >= 15 is 0 Å². The predicted molar refractivity (Wildman–Crippen MR) is 91.7 cm³/mol. The first-order chi connectivity index (χ1) is 10.4. The summed E-state index contributed by atoms with van der Waals surface area (Å²) < 4.78 is 0. The van der Waals surface area contributed by atoms with Gasteiger partial charge in [-0.05, 0) is 73.0 Å². The van der Waals surface area contributed by atoms with Gasteiger partial charge in [0.2, 0.25) is 0 Å². The summed E-state index contributed by atoms with van der Waals surface area (Å²) in [7, 11) is 3.93. The second kappa shape index (κ2) is 6.48. The number of phenols is 1. The Morgan fingerprint density at radius 2 is 1.59 bits per heavy atom. The number of anilines is 1. The molecule has 0 aliphatic rings. The van der Waals surface area contributed by atoms with E-state index in [1.165, 1.54) is 0 Å². The summed E-state index contributed by atoms with van der Waals surface area (Å²) in [6.07, 6.45) is 3.34. The second-order valence-corrected chi connectivity index (χ2v) is 5.64. The first-order valence-corrected chi connectivity index (χ1v) is 7.18. The molecule has 0 heterocycles. The Hall–Kier alpha value is -2.55. The summed E-state index contributed by atoms with van der Waals surface area (Å²) in [5, 5.41) is 9.76. The summed E-state index contributed by atoms with van der Waals surface area (Å²) in [6.45, 7) is 3.70. The molecule has 2 aromatic carbocycles. The minimum Gasteiger partial charge on any atom is -0.507 e. The van der Waals surface area contributed by atoms with Crippen molar-refractivity contribution in [1.29, 1.82) is 0 Å². The van der Waals surface area contributed by atoms with E-state index in [-0.39, 0.29) is 5.78 Å². The average molecular weight is 295 g/mol. The lowest BCUT2D eigenvalue weighted by Crippen LogP contribution is -2.08. The highest BCUT2D eigenvalue weighted by atomic mass is 16.3. The first kappa shape index (κ1) is 15.8. The quantitative estimate of drug-likeness (QED) is 0.685. The first-order valence-electron chi connectivity index (χ1n) is 7.18. The monoisotopic (exact) mass is 295 g/mol. The molecule has 22 heavy (non-hydrogen) atoms. The van der Waals surface area contributed by atoms with Gasteiger partial charge in [0, 0.05) is 25.3 Å². The van der Waals surface area contributed by atoms with Crippen LogP contribution < -0.4 is 4.90 Å². The van der Waals surface area contributed by atoms with Crippen molar-refractivity contribution in [2.75, 3.05) is 19.0 Å². The molecule has 0 unspecified atom stereocenters. The largest absolute Gasteiger partial charge is 0.507 e. The summed E-state index contributed by atoms with van der Waals surface area (Å²) in [5.41, 5.74) is 4.25. The van der Waals surface area contributed by atoms with Crippen LogP contribution in [0.15, 0.2) is 42.5 Å². The van der Waals surface area contributed by atoms with E-state index in [1.807, 2.05) is 69.2 Å². The maximum Gasteiger partial charge on any atom is 0.185 e. The molecule has 0 spiro atoms. The minimum atomic E-state index is -0.0336. The highest BCUT2D eigenvalue weighted by Crippen LogP contribution is 2.23. The molecule has 0 aliphatic carbocycles. The normalized spacial score (nSPS) is 10.9. The van der Waals surface area contributed by atoms with Crippen molar-refractivity contribution in [3.63, 3.8) is 0 Å². The van der Waals surface area contributed by atoms with Crippen LogP contribution in [0.2, 0.25) is 0 Å². The van der Waals surface area contributed by atoms with E-state index in [0.717, 1.165) is 22.4 Å². The molecule has 0 amide bonds. The number of benzene rings is 2. The molecule has 0 aromatic heterocycles. The van der Waals surface area contributed by atoms with Crippen molar-refractivity contribution < 1.29 is 9.90 Å². The van der Waals surface area contributed by atoms with Crippen LogP contribution in [0.4, 0.5) is 5.69 Å². The van der Waals surface area contributed by atoms with Crippen LogP contribution in [0.1, 0.15) is 27.0 Å². The van der Waals surface area contributed by atoms with Gasteiger partial charge in [0.15, 0.2) is 5.78 Å². The Kier molecular flexibility index (Phi) is 4.66. The van der Waals surface area contributed by atoms with Gasteiger partial charge in [0.25, 0.3) is 0 Å². The van der Waals surface area contributed by atoms with E-state index in [1.54, 1.807) is 12.2 Å². The Morgan fingerprint density at radius 1 is 1.05 bits per heavy atom. The topological polar surface area (TPSA) is 40.5 Å². The van der Waals surface area contributed by atoms with Crippen LogP contribution in [-0.4, -0.2) is 25.0 Å². The van der Waals surface area contributed by atoms with Gasteiger partial charge in [0.05, 0.1) is 0 Å². The van der Waals surface area contributed by atoms with Crippen LogP contribution in [0.3, 0.4) is 0 Å². The number of hydrogen-bond acceptors (Lipinski definition) is 3. The van der Waals surface area contributed by atoms with Crippen LogP contribution in [0.25, 0.3) is 6.08 Å². The molecular formula is C19H21NO2. The van der Waals surface area contributed by atoms with Crippen molar-refractivity contribution in [3.05, 3.63) is 64.7 Å². The molecule has 3 nitrogen and oxygen atoms in total. The molecule has 0 radical (unpaired) electrons. The number of aromatic hydroxyl groups is 1. The molecule has 1 N–H and O–H groups in total. The summed E-state index contributed by atoms with van der Waals surface area (Å²) in [5.74, 6) is 0.274. The Bertz CT molecular complexity index is 690. The van der Waals surface area contributed by atoms with Crippen LogP contribution >= 0.6 is 0 Å². The molecular weight excluding hydrogens is 274 g/mol. The Labute approximate surface area is 131 Å². The number of rotatable bonds is 4. The van der Waals surface area contributed by atoms with Crippen LogP contribution in [0, 0.1) is 13.8 Å². The predicted octanol–water partition coefficient (Wildman–Crippen LogP) is 3.97. The second-order valence-electron chi connectivity index (χ2n) is 5.64. The molecule has 2 rings (SSSR count). The number of aryl methyl sites for hydroxylation is 2. The third-order valence-corrected chi connectivity index (χ3v) is 3.61. The van der Waals surface area contributed by atoms with Crippen molar-refractivity contribution in [1.82, 2.24) is 0 Å². The number of hydrogen-bond donors (Lipinski definition) is 1. The van der Waals surface area contributed by atoms with Crippen LogP contribution in [-0.2, 0) is 0 Å². The van der Waals surface area contributed by atoms with Crippen molar-refractivity contribution in [2.24, 2.45) is 0 Å². The Balaban J connectivity index is 2.17. The molecule has 0 bridgehead atoms. The molecule has 3 heteroatoms. The number of phenolic OH excluding ortho intramolecular Hbond substituents is 1. The smallest absolute Gasteiger partial charge is 0.185 e. The third-order valence-electron chi connectivity index (χ3n) is 3.61. The maximum atomic E-state index is 12.2.